The molecule has 1 atom stereocenters. The Balaban J connectivity index is 3.12. The molecule has 0 rings (SSSR count). The van der Waals surface area contributed by atoms with E-state index in [0.717, 1.165) is 12.8 Å². The van der Waals surface area contributed by atoms with Gasteiger partial charge in [-0.25, -0.2) is 4.79 Å². The van der Waals surface area contributed by atoms with Gasteiger partial charge in [0.1, 0.15) is 6.10 Å². The van der Waals surface area contributed by atoms with Crippen LogP contribution in [-0.4, -0.2) is 23.8 Å². The number of carbonyl (C=O) groups excluding carboxylic acids is 1. The van der Waals surface area contributed by atoms with Gasteiger partial charge in [-0.3, -0.25) is 0 Å². The number of hydrogen-bond donors (Lipinski definition) is 1. The second-order valence-electron chi connectivity index (χ2n) is 3.26. The lowest BCUT2D eigenvalue weighted by Crippen LogP contribution is -2.19. The molecule has 3 heteroatoms. The minimum Gasteiger partial charge on any atom is -0.464 e. The van der Waals surface area contributed by atoms with Gasteiger partial charge in [0.15, 0.2) is 0 Å². The van der Waals surface area contributed by atoms with E-state index in [4.69, 9.17) is 9.84 Å². The molecule has 0 saturated heterocycles. The highest BCUT2D eigenvalue weighted by molar-refractivity contribution is 5.73. The number of hydrogen-bond acceptors (Lipinski definition) is 3. The zero-order chi connectivity index (χ0) is 10.1. The maximum atomic E-state index is 10.8. The van der Waals surface area contributed by atoms with Crippen molar-refractivity contribution in [1.82, 2.24) is 0 Å². The number of unbranched alkanes of at least 4 members (excludes halogenated alkanes) is 4. The van der Waals surface area contributed by atoms with E-state index in [1.807, 2.05) is 0 Å². The zero-order valence-electron chi connectivity index (χ0n) is 8.58. The second kappa shape index (κ2) is 8.05. The maximum absolute atomic E-state index is 10.8. The molecule has 0 amide bonds. The minimum atomic E-state index is -0.990. The average molecular weight is 188 g/mol. The number of aliphatic hydroxyl groups excluding tert-OH is 1. The fourth-order valence-corrected chi connectivity index (χ4v) is 0.999. The zero-order valence-corrected chi connectivity index (χ0v) is 8.58. The average Bonchev–Trinajstić information content (AvgIpc) is 2.10. The molecule has 78 valence electrons. The molecule has 3 nitrogen and oxygen atoms in total. The van der Waals surface area contributed by atoms with Crippen LogP contribution in [0.1, 0.15) is 46.0 Å². The van der Waals surface area contributed by atoms with Gasteiger partial charge < -0.3 is 9.84 Å². The Kier molecular flexibility index (Phi) is 7.69. The molecule has 1 unspecified atom stereocenters. The van der Waals surface area contributed by atoms with Crippen molar-refractivity contribution in [2.45, 2.75) is 52.1 Å². The summed E-state index contributed by atoms with van der Waals surface area (Å²) in [4.78, 5) is 10.8. The predicted molar refractivity (Wildman–Crippen MR) is 51.4 cm³/mol. The molecule has 0 aliphatic heterocycles. The maximum Gasteiger partial charge on any atom is 0.334 e. The summed E-state index contributed by atoms with van der Waals surface area (Å²) in [5.41, 5.74) is 0. The van der Waals surface area contributed by atoms with Gasteiger partial charge in [-0.05, 0) is 13.3 Å². The predicted octanol–water partition coefficient (Wildman–Crippen LogP) is 1.88. The van der Waals surface area contributed by atoms with Gasteiger partial charge in [0.25, 0.3) is 0 Å². The molecule has 0 aromatic rings. The van der Waals surface area contributed by atoms with Crippen LogP contribution in [0.5, 0.6) is 0 Å². The third-order valence-corrected chi connectivity index (χ3v) is 1.83. The van der Waals surface area contributed by atoms with Crippen molar-refractivity contribution in [3.8, 4) is 0 Å². The van der Waals surface area contributed by atoms with Crippen LogP contribution in [0.25, 0.3) is 0 Å². The van der Waals surface area contributed by atoms with E-state index in [1.165, 1.54) is 26.2 Å². The van der Waals surface area contributed by atoms with Crippen molar-refractivity contribution >= 4 is 5.97 Å². The Morgan fingerprint density at radius 1 is 1.31 bits per heavy atom. The highest BCUT2D eigenvalue weighted by atomic mass is 16.5. The van der Waals surface area contributed by atoms with Crippen molar-refractivity contribution in [3.05, 3.63) is 0 Å². The summed E-state index contributed by atoms with van der Waals surface area (Å²) in [6, 6.07) is 0. The molecular formula is C10H20O3. The molecule has 0 fully saturated rings. The van der Waals surface area contributed by atoms with Gasteiger partial charge in [0.05, 0.1) is 6.61 Å². The topological polar surface area (TPSA) is 46.5 Å². The Morgan fingerprint density at radius 3 is 2.46 bits per heavy atom. The van der Waals surface area contributed by atoms with Crippen molar-refractivity contribution < 1.29 is 14.6 Å². The minimum absolute atomic E-state index is 0.438. The van der Waals surface area contributed by atoms with Crippen LogP contribution in [0, 0.1) is 0 Å². The van der Waals surface area contributed by atoms with E-state index < -0.39 is 12.1 Å². The van der Waals surface area contributed by atoms with Gasteiger partial charge in [-0.1, -0.05) is 32.6 Å². The smallest absolute Gasteiger partial charge is 0.334 e. The number of esters is 1. The van der Waals surface area contributed by atoms with Crippen LogP contribution < -0.4 is 0 Å². The van der Waals surface area contributed by atoms with E-state index in [9.17, 15) is 4.79 Å². The summed E-state index contributed by atoms with van der Waals surface area (Å²) in [6.45, 7) is 4.01. The van der Waals surface area contributed by atoms with E-state index in [0.29, 0.717) is 6.61 Å². The van der Waals surface area contributed by atoms with Crippen molar-refractivity contribution in [2.24, 2.45) is 0 Å². The van der Waals surface area contributed by atoms with E-state index in [2.05, 4.69) is 6.92 Å². The van der Waals surface area contributed by atoms with E-state index in [-0.39, 0.29) is 0 Å². The number of rotatable bonds is 7. The van der Waals surface area contributed by atoms with E-state index >= 15 is 0 Å². The number of aliphatic hydroxyl groups is 1. The number of carbonyl (C=O) groups is 1. The third-order valence-electron chi connectivity index (χ3n) is 1.83. The molecule has 0 aliphatic rings. The molecular weight excluding hydrogens is 168 g/mol. The van der Waals surface area contributed by atoms with Gasteiger partial charge in [0.2, 0.25) is 0 Å². The quantitative estimate of drug-likeness (QED) is 0.490. The first-order chi connectivity index (χ1) is 6.18. The fraction of sp³-hybridized carbons (Fsp3) is 0.900. The van der Waals surface area contributed by atoms with E-state index in [1.54, 1.807) is 0 Å². The largest absolute Gasteiger partial charge is 0.464 e. The summed E-state index contributed by atoms with van der Waals surface area (Å²) in [5.74, 6) is -0.518. The Hall–Kier alpha value is -0.570. The summed E-state index contributed by atoms with van der Waals surface area (Å²) >= 11 is 0. The van der Waals surface area contributed by atoms with Gasteiger partial charge >= 0.3 is 5.97 Å². The molecule has 0 spiro atoms. The van der Waals surface area contributed by atoms with Crippen LogP contribution in [0.15, 0.2) is 0 Å². The van der Waals surface area contributed by atoms with Gasteiger partial charge in [-0.15, -0.1) is 0 Å². The monoisotopic (exact) mass is 188 g/mol. The van der Waals surface area contributed by atoms with Crippen LogP contribution in [0.3, 0.4) is 0 Å². The SMILES string of the molecule is CCCCCCCOC(=O)C(C)O. The molecule has 0 aromatic heterocycles. The van der Waals surface area contributed by atoms with Crippen LogP contribution in [0.2, 0.25) is 0 Å². The van der Waals surface area contributed by atoms with Gasteiger partial charge in [0, 0.05) is 0 Å². The standard InChI is InChI=1S/C10H20O3/c1-3-4-5-6-7-8-13-10(12)9(2)11/h9,11H,3-8H2,1-2H3. The molecule has 0 saturated carbocycles. The van der Waals surface area contributed by atoms with Crippen molar-refractivity contribution in [3.63, 3.8) is 0 Å². The summed E-state index contributed by atoms with van der Waals surface area (Å²) in [7, 11) is 0. The summed E-state index contributed by atoms with van der Waals surface area (Å²) in [6.07, 6.45) is 4.66. The highest BCUT2D eigenvalue weighted by Gasteiger charge is 2.08. The lowest BCUT2D eigenvalue weighted by atomic mass is 10.2. The summed E-state index contributed by atoms with van der Waals surface area (Å²) in [5, 5.41) is 8.79. The summed E-state index contributed by atoms with van der Waals surface area (Å²) < 4.78 is 4.79. The van der Waals surface area contributed by atoms with Crippen LogP contribution >= 0.6 is 0 Å². The van der Waals surface area contributed by atoms with Crippen LogP contribution in [0.4, 0.5) is 0 Å². The second-order valence-corrected chi connectivity index (χ2v) is 3.26. The van der Waals surface area contributed by atoms with Crippen LogP contribution in [-0.2, 0) is 9.53 Å². The highest BCUT2D eigenvalue weighted by Crippen LogP contribution is 2.02. The van der Waals surface area contributed by atoms with Crippen molar-refractivity contribution in [2.75, 3.05) is 6.61 Å². The first kappa shape index (κ1) is 12.4. The molecule has 0 bridgehead atoms. The third kappa shape index (κ3) is 7.78. The molecule has 0 aromatic carbocycles. The first-order valence-electron chi connectivity index (χ1n) is 5.03. The molecule has 0 heterocycles. The molecule has 13 heavy (non-hydrogen) atoms. The normalized spacial score (nSPS) is 12.5. The Labute approximate surface area is 80.1 Å². The molecule has 0 radical (unpaired) electrons. The fourth-order valence-electron chi connectivity index (χ4n) is 0.999. The molecule has 1 N–H and O–H groups in total. The Bertz CT molecular complexity index is 132. The van der Waals surface area contributed by atoms with Crippen molar-refractivity contribution in [1.29, 1.82) is 0 Å². The first-order valence-corrected chi connectivity index (χ1v) is 5.03. The lowest BCUT2D eigenvalue weighted by molar-refractivity contribution is -0.152. The van der Waals surface area contributed by atoms with Gasteiger partial charge in [-0.2, -0.15) is 0 Å². The molecule has 0 aliphatic carbocycles. The number of ether oxygens (including phenoxy) is 1. The Morgan fingerprint density at radius 2 is 1.92 bits per heavy atom. The lowest BCUT2D eigenvalue weighted by Gasteiger charge is -2.05.